The maximum atomic E-state index is 13.8. The van der Waals surface area contributed by atoms with E-state index in [0.29, 0.717) is 10.8 Å². The van der Waals surface area contributed by atoms with Crippen LogP contribution in [0.4, 0.5) is 8.78 Å². The van der Waals surface area contributed by atoms with Gasteiger partial charge in [0.2, 0.25) is 0 Å². The van der Waals surface area contributed by atoms with E-state index in [1.165, 1.54) is 0 Å². The molecule has 85 valence electrons. The van der Waals surface area contributed by atoms with E-state index >= 15 is 0 Å². The summed E-state index contributed by atoms with van der Waals surface area (Å²) < 4.78 is 27.3. The summed E-state index contributed by atoms with van der Waals surface area (Å²) in [6.07, 6.45) is 0. The second-order valence-electron chi connectivity index (χ2n) is 4.43. The van der Waals surface area contributed by atoms with Crippen molar-refractivity contribution in [1.29, 1.82) is 0 Å². The standard InChI is InChI=1S/C16H7F2/c17-13-8-11-5-4-9-2-1-3-10-6-7-12(16(13)18)15(11)14(9)10/h1-7H. The average Bonchev–Trinajstić information content (AvgIpc) is 2.40. The quantitative estimate of drug-likeness (QED) is 0.390. The normalized spacial score (nSPS) is 11.9. The highest BCUT2D eigenvalue weighted by Crippen LogP contribution is 2.35. The first-order chi connectivity index (χ1) is 8.75. The number of rotatable bonds is 0. The maximum Gasteiger partial charge on any atom is 0.168 e. The Morgan fingerprint density at radius 3 is 2.28 bits per heavy atom. The van der Waals surface area contributed by atoms with E-state index in [-0.39, 0.29) is 0 Å². The molecule has 0 saturated carbocycles. The van der Waals surface area contributed by atoms with E-state index in [1.807, 2.05) is 30.3 Å². The molecule has 0 aliphatic rings. The van der Waals surface area contributed by atoms with E-state index in [9.17, 15) is 8.78 Å². The molecule has 0 heterocycles. The minimum Gasteiger partial charge on any atom is -0.203 e. The number of halogens is 2. The zero-order valence-corrected chi connectivity index (χ0v) is 9.30. The molecule has 2 heteroatoms. The molecule has 1 radical (unpaired) electrons. The molecule has 0 unspecified atom stereocenters. The van der Waals surface area contributed by atoms with Crippen molar-refractivity contribution >= 4 is 32.3 Å². The van der Waals surface area contributed by atoms with Gasteiger partial charge in [0.1, 0.15) is 0 Å². The fourth-order valence-electron chi connectivity index (χ4n) is 2.66. The van der Waals surface area contributed by atoms with Gasteiger partial charge in [-0.1, -0.05) is 42.5 Å². The van der Waals surface area contributed by atoms with Crippen molar-refractivity contribution in [3.63, 3.8) is 0 Å². The van der Waals surface area contributed by atoms with E-state index in [4.69, 9.17) is 0 Å². The van der Waals surface area contributed by atoms with Gasteiger partial charge in [-0.05, 0) is 21.5 Å². The smallest absolute Gasteiger partial charge is 0.168 e. The number of benzene rings is 4. The molecule has 0 aromatic heterocycles. The molecule has 0 nitrogen and oxygen atoms in total. The Kier molecular flexibility index (Phi) is 1.72. The van der Waals surface area contributed by atoms with Gasteiger partial charge in [0.25, 0.3) is 0 Å². The van der Waals surface area contributed by atoms with Crippen LogP contribution in [0.2, 0.25) is 0 Å². The van der Waals surface area contributed by atoms with Crippen LogP contribution in [0.3, 0.4) is 0 Å². The highest BCUT2D eigenvalue weighted by Gasteiger charge is 2.14. The molecular formula is C16H7F2. The minimum atomic E-state index is -0.916. The summed E-state index contributed by atoms with van der Waals surface area (Å²) in [5.41, 5.74) is 0. The van der Waals surface area contributed by atoms with Gasteiger partial charge in [0.15, 0.2) is 11.6 Å². The third-order valence-electron chi connectivity index (χ3n) is 3.45. The second kappa shape index (κ2) is 3.16. The van der Waals surface area contributed by atoms with Crippen molar-refractivity contribution in [3.05, 3.63) is 60.2 Å². The predicted molar refractivity (Wildman–Crippen MR) is 68.9 cm³/mol. The molecule has 0 saturated heterocycles. The van der Waals surface area contributed by atoms with E-state index < -0.39 is 11.6 Å². The summed E-state index contributed by atoms with van der Waals surface area (Å²) in [6.45, 7) is 0. The van der Waals surface area contributed by atoms with Gasteiger partial charge in [-0.2, -0.15) is 0 Å². The zero-order chi connectivity index (χ0) is 12.3. The molecule has 0 atom stereocenters. The van der Waals surface area contributed by atoms with Crippen LogP contribution in [0, 0.1) is 17.7 Å². The first-order valence-corrected chi connectivity index (χ1v) is 5.69. The SMILES string of the molecule is Fc1[c]c2ccc3cccc4ccc(c1F)c2c34. The second-order valence-corrected chi connectivity index (χ2v) is 4.43. The lowest BCUT2D eigenvalue weighted by Gasteiger charge is -2.10. The Hall–Kier alpha value is -2.22. The summed E-state index contributed by atoms with van der Waals surface area (Å²) >= 11 is 0. The van der Waals surface area contributed by atoms with Gasteiger partial charge in [-0.3, -0.25) is 0 Å². The van der Waals surface area contributed by atoms with Crippen molar-refractivity contribution in [1.82, 2.24) is 0 Å². The van der Waals surface area contributed by atoms with Crippen LogP contribution in [0.1, 0.15) is 0 Å². The van der Waals surface area contributed by atoms with Crippen molar-refractivity contribution in [2.45, 2.75) is 0 Å². The third-order valence-corrected chi connectivity index (χ3v) is 3.45. The van der Waals surface area contributed by atoms with Crippen molar-refractivity contribution in [2.75, 3.05) is 0 Å². The summed E-state index contributed by atoms with van der Waals surface area (Å²) in [6, 6.07) is 15.5. The number of hydrogen-bond donors (Lipinski definition) is 0. The van der Waals surface area contributed by atoms with Crippen molar-refractivity contribution < 1.29 is 8.78 Å². The minimum absolute atomic E-state index is 0.325. The van der Waals surface area contributed by atoms with Gasteiger partial charge in [0.05, 0.1) is 0 Å². The Bertz CT molecular complexity index is 878. The molecular weight excluding hydrogens is 230 g/mol. The largest absolute Gasteiger partial charge is 0.203 e. The van der Waals surface area contributed by atoms with Gasteiger partial charge in [-0.25, -0.2) is 8.78 Å². The van der Waals surface area contributed by atoms with Crippen molar-refractivity contribution in [3.8, 4) is 0 Å². The highest BCUT2D eigenvalue weighted by molar-refractivity contribution is 6.22. The van der Waals surface area contributed by atoms with Gasteiger partial charge < -0.3 is 0 Å². The Labute approximate surface area is 102 Å². The lowest BCUT2D eigenvalue weighted by Crippen LogP contribution is -1.90. The molecule has 0 spiro atoms. The molecule has 0 amide bonds. The van der Waals surface area contributed by atoms with Crippen molar-refractivity contribution in [2.24, 2.45) is 0 Å². The monoisotopic (exact) mass is 237 g/mol. The van der Waals surface area contributed by atoms with Crippen LogP contribution in [0.15, 0.2) is 42.5 Å². The molecule has 18 heavy (non-hydrogen) atoms. The molecule has 0 aliphatic carbocycles. The van der Waals surface area contributed by atoms with Crippen LogP contribution >= 0.6 is 0 Å². The summed E-state index contributed by atoms with van der Waals surface area (Å²) in [5, 5.41) is 4.74. The first kappa shape index (κ1) is 9.77. The summed E-state index contributed by atoms with van der Waals surface area (Å²) in [4.78, 5) is 0. The van der Waals surface area contributed by atoms with Crippen LogP contribution in [-0.4, -0.2) is 0 Å². The molecule has 0 N–H and O–H groups in total. The van der Waals surface area contributed by atoms with Crippen LogP contribution in [-0.2, 0) is 0 Å². The van der Waals surface area contributed by atoms with Crippen LogP contribution in [0.25, 0.3) is 32.3 Å². The molecule has 0 bridgehead atoms. The van der Waals surface area contributed by atoms with E-state index in [1.54, 1.807) is 12.1 Å². The Balaban J connectivity index is 2.46. The van der Waals surface area contributed by atoms with Crippen LogP contribution in [0.5, 0.6) is 0 Å². The topological polar surface area (TPSA) is 0 Å². The Morgan fingerprint density at radius 2 is 1.50 bits per heavy atom. The zero-order valence-electron chi connectivity index (χ0n) is 9.30. The molecule has 0 aliphatic heterocycles. The summed E-state index contributed by atoms with van der Waals surface area (Å²) in [5.74, 6) is -1.73. The van der Waals surface area contributed by atoms with E-state index in [0.717, 1.165) is 21.5 Å². The summed E-state index contributed by atoms with van der Waals surface area (Å²) in [7, 11) is 0. The maximum absolute atomic E-state index is 13.8. The van der Waals surface area contributed by atoms with E-state index in [2.05, 4.69) is 6.07 Å². The third kappa shape index (κ3) is 1.07. The number of hydrogen-bond acceptors (Lipinski definition) is 0. The molecule has 4 aromatic rings. The highest BCUT2D eigenvalue weighted by atomic mass is 19.2. The fourth-order valence-corrected chi connectivity index (χ4v) is 2.66. The van der Waals surface area contributed by atoms with Crippen LogP contribution < -0.4 is 0 Å². The molecule has 4 rings (SSSR count). The lowest BCUT2D eigenvalue weighted by molar-refractivity contribution is 0.516. The van der Waals surface area contributed by atoms with Gasteiger partial charge in [-0.15, -0.1) is 0 Å². The predicted octanol–water partition coefficient (Wildman–Crippen LogP) is 4.66. The molecule has 4 aromatic carbocycles. The van der Waals surface area contributed by atoms with Gasteiger partial charge >= 0.3 is 0 Å². The Morgan fingerprint density at radius 1 is 0.778 bits per heavy atom. The van der Waals surface area contributed by atoms with Gasteiger partial charge in [0, 0.05) is 16.8 Å². The molecule has 0 fully saturated rings. The first-order valence-electron chi connectivity index (χ1n) is 5.69. The lowest BCUT2D eigenvalue weighted by atomic mass is 9.94. The average molecular weight is 237 g/mol. The fraction of sp³-hybridized carbons (Fsp3) is 0.